The molecule has 0 saturated heterocycles. The van der Waals surface area contributed by atoms with Gasteiger partial charge in [0, 0.05) is 0 Å². The lowest BCUT2D eigenvalue weighted by atomic mass is 10.2. The van der Waals surface area contributed by atoms with Gasteiger partial charge in [0.2, 0.25) is 0 Å². The van der Waals surface area contributed by atoms with Crippen molar-refractivity contribution in [1.29, 1.82) is 0 Å². The Morgan fingerprint density at radius 1 is 0.640 bits per heavy atom. The summed E-state index contributed by atoms with van der Waals surface area (Å²) in [6, 6.07) is 0. The van der Waals surface area contributed by atoms with Crippen molar-refractivity contribution in [3.63, 3.8) is 0 Å². The minimum absolute atomic E-state index is 0.878. The Morgan fingerprint density at radius 3 is 1.44 bits per heavy atom. The molecule has 140 valence electrons. The molecule has 0 aromatic heterocycles. The van der Waals surface area contributed by atoms with Crippen molar-refractivity contribution in [2.24, 2.45) is 0 Å². The maximum Gasteiger partial charge on any atom is 0.127 e. The molecule has 0 saturated carbocycles. The van der Waals surface area contributed by atoms with Gasteiger partial charge in [-0.25, -0.2) is 0 Å². The summed E-state index contributed by atoms with van der Waals surface area (Å²) in [4.78, 5) is 0. The molecule has 0 unspecified atom stereocenters. The molecule has 25 heavy (non-hydrogen) atoms. The Kier molecular flexibility index (Phi) is 17.3. The maximum absolute atomic E-state index is 6.11. The minimum Gasteiger partial charge on any atom is -0.457 e. The molecule has 0 aliphatic rings. The molecular formula is C24H38O. The third-order valence-electron chi connectivity index (χ3n) is 3.51. The van der Waals surface area contributed by atoms with Gasteiger partial charge in [0.05, 0.1) is 0 Å². The molecule has 0 aliphatic heterocycles. The first-order valence-electron chi connectivity index (χ1n) is 10.0. The third-order valence-corrected chi connectivity index (χ3v) is 3.51. The van der Waals surface area contributed by atoms with Gasteiger partial charge in [0.15, 0.2) is 0 Å². The van der Waals surface area contributed by atoms with Gasteiger partial charge in [-0.1, -0.05) is 89.8 Å². The van der Waals surface area contributed by atoms with Crippen LogP contribution in [0, 0.1) is 0 Å². The van der Waals surface area contributed by atoms with Crippen LogP contribution in [0.1, 0.15) is 79.1 Å². The van der Waals surface area contributed by atoms with Crippen molar-refractivity contribution < 1.29 is 4.74 Å². The zero-order valence-corrected chi connectivity index (χ0v) is 16.8. The molecule has 0 atom stereocenters. The summed E-state index contributed by atoms with van der Waals surface area (Å²) in [5.41, 5.74) is 0. The number of hydrogen-bond acceptors (Lipinski definition) is 1. The Balaban J connectivity index is 5.03. The number of unbranched alkanes of at least 4 members (excludes halogenated alkanes) is 4. The van der Waals surface area contributed by atoms with Crippen LogP contribution < -0.4 is 0 Å². The van der Waals surface area contributed by atoms with E-state index in [1.165, 1.54) is 25.7 Å². The summed E-state index contributed by atoms with van der Waals surface area (Å²) in [5.74, 6) is 1.76. The largest absolute Gasteiger partial charge is 0.457 e. The van der Waals surface area contributed by atoms with E-state index in [9.17, 15) is 0 Å². The molecule has 0 aromatic rings. The number of allylic oxidation sites excluding steroid dienone is 10. The van der Waals surface area contributed by atoms with Crippen molar-refractivity contribution >= 4 is 0 Å². The smallest absolute Gasteiger partial charge is 0.127 e. The Morgan fingerprint density at radius 2 is 1.08 bits per heavy atom. The minimum atomic E-state index is 0.878. The number of hydrogen-bond donors (Lipinski definition) is 0. The Labute approximate surface area is 156 Å². The van der Waals surface area contributed by atoms with Crippen LogP contribution in [0.4, 0.5) is 0 Å². The van der Waals surface area contributed by atoms with E-state index in [-0.39, 0.29) is 0 Å². The summed E-state index contributed by atoms with van der Waals surface area (Å²) >= 11 is 0. The highest BCUT2D eigenvalue weighted by Crippen LogP contribution is 2.12. The van der Waals surface area contributed by atoms with Crippen LogP contribution >= 0.6 is 0 Å². The van der Waals surface area contributed by atoms with Crippen LogP contribution in [-0.2, 0) is 4.74 Å². The van der Waals surface area contributed by atoms with Crippen molar-refractivity contribution in [2.45, 2.75) is 79.1 Å². The van der Waals surface area contributed by atoms with Gasteiger partial charge in [-0.2, -0.15) is 0 Å². The summed E-state index contributed by atoms with van der Waals surface area (Å²) in [7, 11) is 0. The van der Waals surface area contributed by atoms with Crippen LogP contribution in [0.5, 0.6) is 0 Å². The highest BCUT2D eigenvalue weighted by Gasteiger charge is 1.96. The number of ether oxygens (including phenoxy) is 1. The predicted octanol–water partition coefficient (Wildman–Crippen LogP) is 8.20. The average molecular weight is 343 g/mol. The van der Waals surface area contributed by atoms with E-state index >= 15 is 0 Å². The highest BCUT2D eigenvalue weighted by atomic mass is 16.5. The Hall–Kier alpha value is -1.76. The van der Waals surface area contributed by atoms with Crippen LogP contribution in [0.3, 0.4) is 0 Å². The second-order valence-electron chi connectivity index (χ2n) is 6.00. The van der Waals surface area contributed by atoms with E-state index < -0.39 is 0 Å². The summed E-state index contributed by atoms with van der Waals surface area (Å²) in [5, 5.41) is 0. The lowest BCUT2D eigenvalue weighted by Crippen LogP contribution is -1.89. The zero-order chi connectivity index (χ0) is 18.6. The van der Waals surface area contributed by atoms with Crippen LogP contribution in [0.2, 0.25) is 0 Å². The lowest BCUT2D eigenvalue weighted by Gasteiger charge is -2.07. The third kappa shape index (κ3) is 15.5. The van der Waals surface area contributed by atoms with E-state index in [1.807, 2.05) is 0 Å². The van der Waals surface area contributed by atoms with Gasteiger partial charge in [-0.3, -0.25) is 0 Å². The van der Waals surface area contributed by atoms with E-state index in [0.29, 0.717) is 0 Å². The van der Waals surface area contributed by atoms with Crippen LogP contribution in [0.15, 0.2) is 72.3 Å². The van der Waals surface area contributed by atoms with Gasteiger partial charge >= 0.3 is 0 Å². The molecule has 0 radical (unpaired) electrons. The van der Waals surface area contributed by atoms with E-state index in [4.69, 9.17) is 4.74 Å². The van der Waals surface area contributed by atoms with E-state index in [1.54, 1.807) is 0 Å². The van der Waals surface area contributed by atoms with Crippen molar-refractivity contribution in [1.82, 2.24) is 0 Å². The fourth-order valence-electron chi connectivity index (χ4n) is 2.01. The van der Waals surface area contributed by atoms with E-state index in [0.717, 1.165) is 37.2 Å². The Bertz CT molecular complexity index is 428. The van der Waals surface area contributed by atoms with Gasteiger partial charge in [-0.15, -0.1) is 0 Å². The first kappa shape index (κ1) is 23.2. The molecule has 0 aromatic carbocycles. The summed E-state index contributed by atoms with van der Waals surface area (Å²) < 4.78 is 6.11. The summed E-state index contributed by atoms with van der Waals surface area (Å²) in [6.45, 7) is 8.70. The van der Waals surface area contributed by atoms with Crippen LogP contribution in [-0.4, -0.2) is 0 Å². The van der Waals surface area contributed by atoms with Gasteiger partial charge in [0.1, 0.15) is 11.5 Å². The van der Waals surface area contributed by atoms with Crippen LogP contribution in [0.25, 0.3) is 0 Å². The fourth-order valence-corrected chi connectivity index (χ4v) is 2.01. The lowest BCUT2D eigenvalue weighted by molar-refractivity contribution is 0.336. The molecule has 0 fully saturated rings. The van der Waals surface area contributed by atoms with Crippen molar-refractivity contribution in [3.8, 4) is 0 Å². The van der Waals surface area contributed by atoms with E-state index in [2.05, 4.69) is 88.5 Å². The second kappa shape index (κ2) is 18.6. The predicted molar refractivity (Wildman–Crippen MR) is 113 cm³/mol. The quantitative estimate of drug-likeness (QED) is 0.175. The first-order chi connectivity index (χ1) is 12.3. The van der Waals surface area contributed by atoms with Gasteiger partial charge in [0.25, 0.3) is 0 Å². The standard InChI is InChI=1S/C24H38O/c1-5-9-13-15-17-21-23(19-11-7-3)25-24(20-12-8-4)22-18-16-14-10-6-2/h11-12,15-22H,5-10,13-14H2,1-4H3/b17-15+,18-16+,19-11+,20-12+,23-21+,24-22+. The number of rotatable bonds is 14. The molecule has 1 nitrogen and oxygen atoms in total. The monoisotopic (exact) mass is 342 g/mol. The normalized spacial score (nSPS) is 13.9. The first-order valence-corrected chi connectivity index (χ1v) is 10.0. The average Bonchev–Trinajstić information content (AvgIpc) is 2.63. The zero-order valence-electron chi connectivity index (χ0n) is 16.8. The topological polar surface area (TPSA) is 9.23 Å². The molecule has 0 amide bonds. The maximum atomic E-state index is 6.11. The molecule has 0 rings (SSSR count). The van der Waals surface area contributed by atoms with Crippen molar-refractivity contribution in [2.75, 3.05) is 0 Å². The molecule has 0 heterocycles. The molecule has 1 heteroatoms. The molecule has 0 aliphatic carbocycles. The molecular weight excluding hydrogens is 304 g/mol. The van der Waals surface area contributed by atoms with Gasteiger partial charge in [-0.05, 0) is 50.0 Å². The highest BCUT2D eigenvalue weighted by molar-refractivity contribution is 5.25. The molecule has 0 spiro atoms. The summed E-state index contributed by atoms with van der Waals surface area (Å²) in [6.07, 6.45) is 30.3. The van der Waals surface area contributed by atoms with Crippen molar-refractivity contribution in [3.05, 3.63) is 72.3 Å². The molecule has 0 bridgehead atoms. The molecule has 0 N–H and O–H groups in total. The SMILES string of the molecule is CC/C=C/C(=C\C=C\CCCC)OC(/C=C/CC)=C/C=C/CCCC. The fraction of sp³-hybridized carbons (Fsp3) is 0.500. The van der Waals surface area contributed by atoms with Gasteiger partial charge < -0.3 is 4.74 Å². The second-order valence-corrected chi connectivity index (χ2v) is 6.00.